The van der Waals surface area contributed by atoms with Crippen molar-refractivity contribution in [3.63, 3.8) is 0 Å². The van der Waals surface area contributed by atoms with E-state index in [9.17, 15) is 4.79 Å². The van der Waals surface area contributed by atoms with Crippen LogP contribution in [0.4, 0.5) is 11.5 Å². The first-order valence-electron chi connectivity index (χ1n) is 7.36. The standard InChI is InChI=1S/C17H20BrN3O2/c1-12-4-5-15(14(18)10-12)21-16-11-13(6-8-19-16)17(22)20-7-3-9-23-2/h4-6,8,10-11H,3,7,9H2,1-2H3,(H,19,21)(H,20,22). The molecule has 0 aliphatic carbocycles. The SMILES string of the molecule is COCCCNC(=O)c1ccnc(Nc2ccc(C)cc2Br)c1. The molecule has 0 saturated heterocycles. The molecule has 0 aliphatic rings. The van der Waals surface area contributed by atoms with E-state index in [-0.39, 0.29) is 5.91 Å². The van der Waals surface area contributed by atoms with Crippen molar-refractivity contribution in [2.75, 3.05) is 25.6 Å². The summed E-state index contributed by atoms with van der Waals surface area (Å²) in [7, 11) is 1.64. The smallest absolute Gasteiger partial charge is 0.251 e. The molecule has 6 heteroatoms. The second kappa shape index (κ2) is 8.64. The number of aromatic nitrogens is 1. The van der Waals surface area contributed by atoms with Gasteiger partial charge < -0.3 is 15.4 Å². The highest BCUT2D eigenvalue weighted by atomic mass is 79.9. The van der Waals surface area contributed by atoms with E-state index in [1.807, 2.05) is 25.1 Å². The maximum Gasteiger partial charge on any atom is 0.251 e. The first-order valence-corrected chi connectivity index (χ1v) is 8.16. The molecule has 23 heavy (non-hydrogen) atoms. The minimum atomic E-state index is -0.116. The third kappa shape index (κ3) is 5.33. The van der Waals surface area contributed by atoms with Crippen LogP contribution in [0.25, 0.3) is 0 Å². The number of halogens is 1. The zero-order valence-electron chi connectivity index (χ0n) is 13.2. The quantitative estimate of drug-likeness (QED) is 0.722. The highest BCUT2D eigenvalue weighted by Crippen LogP contribution is 2.26. The minimum Gasteiger partial charge on any atom is -0.385 e. The Hall–Kier alpha value is -1.92. The number of carbonyl (C=O) groups is 1. The largest absolute Gasteiger partial charge is 0.385 e. The van der Waals surface area contributed by atoms with Gasteiger partial charge in [-0.25, -0.2) is 4.98 Å². The number of rotatable bonds is 7. The number of carbonyl (C=O) groups excluding carboxylic acids is 1. The molecular formula is C17H20BrN3O2. The van der Waals surface area contributed by atoms with Gasteiger partial charge in [-0.3, -0.25) is 4.79 Å². The van der Waals surface area contributed by atoms with Gasteiger partial charge in [0.1, 0.15) is 5.82 Å². The molecule has 0 bridgehead atoms. The lowest BCUT2D eigenvalue weighted by molar-refractivity contribution is 0.0948. The van der Waals surface area contributed by atoms with Gasteiger partial charge in [-0.1, -0.05) is 6.07 Å². The van der Waals surface area contributed by atoms with E-state index in [0.29, 0.717) is 24.5 Å². The van der Waals surface area contributed by atoms with Crippen molar-refractivity contribution in [1.82, 2.24) is 10.3 Å². The Balaban J connectivity index is 2.03. The van der Waals surface area contributed by atoms with Crippen LogP contribution in [-0.4, -0.2) is 31.2 Å². The molecule has 0 aliphatic heterocycles. The molecule has 1 aromatic carbocycles. The summed E-state index contributed by atoms with van der Waals surface area (Å²) in [5, 5.41) is 6.07. The van der Waals surface area contributed by atoms with Crippen LogP contribution in [0.5, 0.6) is 0 Å². The maximum absolute atomic E-state index is 12.1. The summed E-state index contributed by atoms with van der Waals surface area (Å²) >= 11 is 3.52. The predicted octanol–water partition coefficient (Wildman–Crippen LogP) is 3.66. The molecule has 0 saturated carbocycles. The average Bonchev–Trinajstić information content (AvgIpc) is 2.54. The molecule has 0 spiro atoms. The van der Waals surface area contributed by atoms with E-state index < -0.39 is 0 Å². The van der Waals surface area contributed by atoms with Crippen LogP contribution in [0, 0.1) is 6.92 Å². The van der Waals surface area contributed by atoms with Gasteiger partial charge in [0.05, 0.1) is 5.69 Å². The normalized spacial score (nSPS) is 10.4. The number of pyridine rings is 1. The molecule has 1 heterocycles. The van der Waals surface area contributed by atoms with Gasteiger partial charge in [0.15, 0.2) is 0 Å². The van der Waals surface area contributed by atoms with Crippen molar-refractivity contribution in [2.45, 2.75) is 13.3 Å². The molecule has 2 N–H and O–H groups in total. The highest BCUT2D eigenvalue weighted by Gasteiger charge is 2.07. The fourth-order valence-electron chi connectivity index (χ4n) is 2.02. The molecular weight excluding hydrogens is 358 g/mol. The summed E-state index contributed by atoms with van der Waals surface area (Å²) in [6.45, 7) is 3.24. The number of benzene rings is 1. The van der Waals surface area contributed by atoms with Gasteiger partial charge in [-0.05, 0) is 59.1 Å². The first kappa shape index (κ1) is 17.4. The van der Waals surface area contributed by atoms with Gasteiger partial charge >= 0.3 is 0 Å². The Morgan fingerprint density at radius 2 is 2.13 bits per heavy atom. The van der Waals surface area contributed by atoms with E-state index in [2.05, 4.69) is 31.5 Å². The number of hydrogen-bond acceptors (Lipinski definition) is 4. The number of nitrogens with zero attached hydrogens (tertiary/aromatic N) is 1. The van der Waals surface area contributed by atoms with Gasteiger partial charge in [0.2, 0.25) is 0 Å². The molecule has 0 fully saturated rings. The first-order chi connectivity index (χ1) is 11.1. The second-order valence-electron chi connectivity index (χ2n) is 5.14. The van der Waals surface area contributed by atoms with E-state index in [0.717, 1.165) is 16.6 Å². The van der Waals surface area contributed by atoms with Crippen molar-refractivity contribution in [2.24, 2.45) is 0 Å². The van der Waals surface area contributed by atoms with Crippen LogP contribution in [0.3, 0.4) is 0 Å². The number of hydrogen-bond donors (Lipinski definition) is 2. The van der Waals surface area contributed by atoms with Gasteiger partial charge in [-0.2, -0.15) is 0 Å². The van der Waals surface area contributed by atoms with Crippen molar-refractivity contribution in [1.29, 1.82) is 0 Å². The topological polar surface area (TPSA) is 63.2 Å². The highest BCUT2D eigenvalue weighted by molar-refractivity contribution is 9.10. The van der Waals surface area contributed by atoms with Crippen LogP contribution >= 0.6 is 15.9 Å². The zero-order chi connectivity index (χ0) is 16.7. The molecule has 0 unspecified atom stereocenters. The van der Waals surface area contributed by atoms with Gasteiger partial charge in [0, 0.05) is 36.5 Å². The van der Waals surface area contributed by atoms with Crippen LogP contribution in [-0.2, 0) is 4.74 Å². The average molecular weight is 378 g/mol. The van der Waals surface area contributed by atoms with Crippen LogP contribution in [0.2, 0.25) is 0 Å². The Bertz CT molecular complexity index is 677. The number of aryl methyl sites for hydroxylation is 1. The van der Waals surface area contributed by atoms with E-state index >= 15 is 0 Å². The molecule has 2 aromatic rings. The van der Waals surface area contributed by atoms with Gasteiger partial charge in [0.25, 0.3) is 5.91 Å². The van der Waals surface area contributed by atoms with Gasteiger partial charge in [-0.15, -0.1) is 0 Å². The van der Waals surface area contributed by atoms with E-state index in [1.165, 1.54) is 5.56 Å². The fourth-order valence-corrected chi connectivity index (χ4v) is 2.61. The van der Waals surface area contributed by atoms with Crippen LogP contribution in [0.1, 0.15) is 22.3 Å². The lowest BCUT2D eigenvalue weighted by Gasteiger charge is -2.10. The molecule has 1 amide bonds. The molecule has 0 atom stereocenters. The molecule has 0 radical (unpaired) electrons. The maximum atomic E-state index is 12.1. The minimum absolute atomic E-state index is 0.116. The van der Waals surface area contributed by atoms with Crippen molar-refractivity contribution >= 4 is 33.3 Å². The number of ether oxygens (including phenoxy) is 1. The predicted molar refractivity (Wildman–Crippen MR) is 95.2 cm³/mol. The van der Waals surface area contributed by atoms with Crippen molar-refractivity contribution in [3.8, 4) is 0 Å². The van der Waals surface area contributed by atoms with Crippen LogP contribution in [0.15, 0.2) is 41.0 Å². The summed E-state index contributed by atoms with van der Waals surface area (Å²) < 4.78 is 5.91. The number of anilines is 2. The van der Waals surface area contributed by atoms with Crippen molar-refractivity contribution < 1.29 is 9.53 Å². The molecule has 122 valence electrons. The Labute approximate surface area is 144 Å². The molecule has 5 nitrogen and oxygen atoms in total. The van der Waals surface area contributed by atoms with Crippen LogP contribution < -0.4 is 10.6 Å². The Morgan fingerprint density at radius 1 is 1.30 bits per heavy atom. The third-order valence-electron chi connectivity index (χ3n) is 3.22. The lowest BCUT2D eigenvalue weighted by atomic mass is 10.2. The summed E-state index contributed by atoms with van der Waals surface area (Å²) in [5.74, 6) is 0.508. The number of methoxy groups -OCH3 is 1. The summed E-state index contributed by atoms with van der Waals surface area (Å²) in [5.41, 5.74) is 2.64. The number of nitrogens with one attached hydrogen (secondary N) is 2. The summed E-state index contributed by atoms with van der Waals surface area (Å²) in [4.78, 5) is 16.4. The summed E-state index contributed by atoms with van der Waals surface area (Å²) in [6.07, 6.45) is 2.41. The second-order valence-corrected chi connectivity index (χ2v) is 5.99. The fraction of sp³-hybridized carbons (Fsp3) is 0.294. The van der Waals surface area contributed by atoms with Crippen molar-refractivity contribution in [3.05, 3.63) is 52.1 Å². The Morgan fingerprint density at radius 3 is 2.87 bits per heavy atom. The van der Waals surface area contributed by atoms with E-state index in [1.54, 1.807) is 25.4 Å². The number of amides is 1. The van der Waals surface area contributed by atoms with E-state index in [4.69, 9.17) is 4.74 Å². The zero-order valence-corrected chi connectivity index (χ0v) is 14.8. The summed E-state index contributed by atoms with van der Waals surface area (Å²) in [6, 6.07) is 9.44. The third-order valence-corrected chi connectivity index (χ3v) is 3.88. The molecule has 1 aromatic heterocycles. The molecule has 2 rings (SSSR count). The lowest BCUT2D eigenvalue weighted by Crippen LogP contribution is -2.25. The monoisotopic (exact) mass is 377 g/mol. The Kier molecular flexibility index (Phi) is 6.55.